The molecule has 76 valence electrons. The molecule has 0 radical (unpaired) electrons. The van der Waals surface area contributed by atoms with Gasteiger partial charge in [-0.15, -0.1) is 0 Å². The van der Waals surface area contributed by atoms with Gasteiger partial charge >= 0.3 is 0 Å². The summed E-state index contributed by atoms with van der Waals surface area (Å²) in [4.78, 5) is 0. The molecule has 15 heavy (non-hydrogen) atoms. The summed E-state index contributed by atoms with van der Waals surface area (Å²) in [6.07, 6.45) is 2.26. The average Bonchev–Trinajstić information content (AvgIpc) is 2.28. The van der Waals surface area contributed by atoms with Crippen LogP contribution in [-0.2, 0) is 12.8 Å². The van der Waals surface area contributed by atoms with Crippen LogP contribution in [0.25, 0.3) is 0 Å². The number of hydrogen-bond donors (Lipinski definition) is 0. The largest absolute Gasteiger partial charge is 0.0622 e. The van der Waals surface area contributed by atoms with Gasteiger partial charge in [-0.1, -0.05) is 60.2 Å². The summed E-state index contributed by atoms with van der Waals surface area (Å²) in [5.41, 5.74) is 4.19. The van der Waals surface area contributed by atoms with Crippen molar-refractivity contribution in [2.24, 2.45) is 0 Å². The molecule has 0 N–H and O–H groups in total. The van der Waals surface area contributed by atoms with Gasteiger partial charge < -0.3 is 0 Å². The molecule has 0 atom stereocenters. The first-order valence-electron chi connectivity index (χ1n) is 5.44. The first kappa shape index (κ1) is 9.97. The summed E-state index contributed by atoms with van der Waals surface area (Å²) in [7, 11) is 0. The normalized spacial score (nSPS) is 10.2. The summed E-state index contributed by atoms with van der Waals surface area (Å²) < 4.78 is 0. The third-order valence-electron chi connectivity index (χ3n) is 2.63. The highest BCUT2D eigenvalue weighted by atomic mass is 14.0. The van der Waals surface area contributed by atoms with Crippen LogP contribution in [-0.4, -0.2) is 0 Å². The fraction of sp³-hybridized carbons (Fsp3) is 0.200. The molecule has 0 unspecified atom stereocenters. The maximum absolute atomic E-state index is 2.27. The molecule has 0 bridgehead atoms. The molecular formula is C15H16. The second-order valence-corrected chi connectivity index (χ2v) is 3.97. The highest BCUT2D eigenvalue weighted by Gasteiger charge is 1.95. The molecule has 0 spiro atoms. The predicted octanol–water partition coefficient (Wildman–Crippen LogP) is 3.78. The standard InChI is InChI=1S/C15H16/c1-13-6-5-9-15(12-13)11-10-14-7-3-2-4-8-14/h2-9,12H,10-11H2,1H3. The summed E-state index contributed by atoms with van der Waals surface area (Å²) in [6, 6.07) is 19.4. The number of rotatable bonds is 3. The molecule has 0 aliphatic heterocycles. The zero-order chi connectivity index (χ0) is 10.5. The summed E-state index contributed by atoms with van der Waals surface area (Å²) in [6.45, 7) is 2.14. The Hall–Kier alpha value is -1.56. The van der Waals surface area contributed by atoms with E-state index in [1.165, 1.54) is 16.7 Å². The lowest BCUT2D eigenvalue weighted by Gasteiger charge is -2.02. The molecule has 0 heterocycles. The molecule has 0 heteroatoms. The van der Waals surface area contributed by atoms with Crippen LogP contribution < -0.4 is 0 Å². The molecule has 0 nitrogen and oxygen atoms in total. The van der Waals surface area contributed by atoms with Gasteiger partial charge in [-0.25, -0.2) is 0 Å². The molecule has 0 amide bonds. The van der Waals surface area contributed by atoms with Crippen molar-refractivity contribution in [3.8, 4) is 0 Å². The summed E-state index contributed by atoms with van der Waals surface area (Å²) >= 11 is 0. The smallest absolute Gasteiger partial charge is 0.0238 e. The van der Waals surface area contributed by atoms with Gasteiger partial charge in [0, 0.05) is 0 Å². The van der Waals surface area contributed by atoms with Gasteiger partial charge in [0.15, 0.2) is 0 Å². The van der Waals surface area contributed by atoms with Crippen LogP contribution in [0.15, 0.2) is 54.6 Å². The summed E-state index contributed by atoms with van der Waals surface area (Å²) in [5.74, 6) is 0. The van der Waals surface area contributed by atoms with Crippen molar-refractivity contribution in [3.05, 3.63) is 71.3 Å². The van der Waals surface area contributed by atoms with Gasteiger partial charge in [-0.3, -0.25) is 0 Å². The fourth-order valence-electron chi connectivity index (χ4n) is 1.80. The van der Waals surface area contributed by atoms with E-state index in [9.17, 15) is 0 Å². The van der Waals surface area contributed by atoms with Crippen molar-refractivity contribution in [2.75, 3.05) is 0 Å². The van der Waals surface area contributed by atoms with Crippen molar-refractivity contribution in [1.29, 1.82) is 0 Å². The van der Waals surface area contributed by atoms with Gasteiger partial charge in [0.1, 0.15) is 0 Å². The van der Waals surface area contributed by atoms with Crippen LogP contribution in [0.3, 0.4) is 0 Å². The van der Waals surface area contributed by atoms with E-state index in [1.54, 1.807) is 0 Å². The lowest BCUT2D eigenvalue weighted by molar-refractivity contribution is 0.958. The zero-order valence-electron chi connectivity index (χ0n) is 9.11. The minimum Gasteiger partial charge on any atom is -0.0622 e. The Morgan fingerprint density at radius 1 is 0.733 bits per heavy atom. The van der Waals surface area contributed by atoms with Gasteiger partial charge in [0.2, 0.25) is 0 Å². The lowest BCUT2D eigenvalue weighted by Crippen LogP contribution is -1.91. The lowest BCUT2D eigenvalue weighted by atomic mass is 10.0. The van der Waals surface area contributed by atoms with Crippen LogP contribution in [0.2, 0.25) is 0 Å². The first-order chi connectivity index (χ1) is 7.34. The summed E-state index contributed by atoms with van der Waals surface area (Å²) in [5, 5.41) is 0. The van der Waals surface area contributed by atoms with Crippen molar-refractivity contribution >= 4 is 0 Å². The van der Waals surface area contributed by atoms with Crippen LogP contribution >= 0.6 is 0 Å². The van der Waals surface area contributed by atoms with E-state index in [0.717, 1.165) is 12.8 Å². The number of hydrogen-bond acceptors (Lipinski definition) is 0. The van der Waals surface area contributed by atoms with Crippen molar-refractivity contribution in [1.82, 2.24) is 0 Å². The molecule has 2 aromatic carbocycles. The molecule has 0 aliphatic rings. The van der Waals surface area contributed by atoms with Crippen LogP contribution in [0.4, 0.5) is 0 Å². The van der Waals surface area contributed by atoms with E-state index in [-0.39, 0.29) is 0 Å². The second-order valence-electron chi connectivity index (χ2n) is 3.97. The van der Waals surface area contributed by atoms with E-state index in [4.69, 9.17) is 0 Å². The maximum Gasteiger partial charge on any atom is -0.0238 e. The second kappa shape index (κ2) is 4.79. The van der Waals surface area contributed by atoms with Gasteiger partial charge in [0.25, 0.3) is 0 Å². The van der Waals surface area contributed by atoms with E-state index in [2.05, 4.69) is 61.5 Å². The van der Waals surface area contributed by atoms with Crippen LogP contribution in [0, 0.1) is 6.92 Å². The SMILES string of the molecule is Cc1cccc(CCc2ccccc2)c1. The van der Waals surface area contributed by atoms with Crippen molar-refractivity contribution < 1.29 is 0 Å². The maximum atomic E-state index is 2.27. The van der Waals surface area contributed by atoms with Crippen molar-refractivity contribution in [2.45, 2.75) is 19.8 Å². The molecule has 0 fully saturated rings. The third kappa shape index (κ3) is 2.95. The first-order valence-corrected chi connectivity index (χ1v) is 5.44. The Kier molecular flexibility index (Phi) is 3.18. The van der Waals surface area contributed by atoms with Gasteiger partial charge in [-0.05, 0) is 30.9 Å². The molecule has 0 saturated carbocycles. The molecule has 0 aromatic heterocycles. The molecule has 0 saturated heterocycles. The molecular weight excluding hydrogens is 180 g/mol. The highest BCUT2D eigenvalue weighted by Crippen LogP contribution is 2.08. The fourth-order valence-corrected chi connectivity index (χ4v) is 1.80. The quantitative estimate of drug-likeness (QED) is 0.700. The minimum atomic E-state index is 1.13. The van der Waals surface area contributed by atoms with Crippen molar-refractivity contribution in [3.63, 3.8) is 0 Å². The van der Waals surface area contributed by atoms with E-state index >= 15 is 0 Å². The van der Waals surface area contributed by atoms with E-state index in [0.29, 0.717) is 0 Å². The van der Waals surface area contributed by atoms with E-state index in [1.807, 2.05) is 0 Å². The molecule has 2 aromatic rings. The topological polar surface area (TPSA) is 0 Å². The Morgan fingerprint density at radius 2 is 1.40 bits per heavy atom. The number of benzene rings is 2. The third-order valence-corrected chi connectivity index (χ3v) is 2.63. The zero-order valence-corrected chi connectivity index (χ0v) is 9.11. The Labute approximate surface area is 91.6 Å². The Balaban J connectivity index is 1.99. The van der Waals surface area contributed by atoms with Crippen LogP contribution in [0.5, 0.6) is 0 Å². The van der Waals surface area contributed by atoms with Crippen LogP contribution in [0.1, 0.15) is 16.7 Å². The Bertz CT molecular complexity index is 415. The Morgan fingerprint density at radius 3 is 2.13 bits per heavy atom. The monoisotopic (exact) mass is 196 g/mol. The highest BCUT2D eigenvalue weighted by molar-refractivity contribution is 5.24. The van der Waals surface area contributed by atoms with Gasteiger partial charge in [-0.2, -0.15) is 0 Å². The molecule has 0 aliphatic carbocycles. The number of aryl methyl sites for hydroxylation is 3. The van der Waals surface area contributed by atoms with E-state index < -0.39 is 0 Å². The predicted molar refractivity (Wildman–Crippen MR) is 65.0 cm³/mol. The average molecular weight is 196 g/mol. The minimum absolute atomic E-state index is 1.13. The van der Waals surface area contributed by atoms with Gasteiger partial charge in [0.05, 0.1) is 0 Å². The molecule has 2 rings (SSSR count).